The lowest BCUT2D eigenvalue weighted by Crippen LogP contribution is -2.28. The highest BCUT2D eigenvalue weighted by Crippen LogP contribution is 2.12. The van der Waals surface area contributed by atoms with Gasteiger partial charge in [-0.2, -0.15) is 0 Å². The largest absolute Gasteiger partial charge is 0.379 e. The van der Waals surface area contributed by atoms with Crippen molar-refractivity contribution < 1.29 is 9.53 Å². The topological polar surface area (TPSA) is 76.4 Å². The molecule has 0 saturated heterocycles. The lowest BCUT2D eigenvalue weighted by Gasteiger charge is -2.10. The van der Waals surface area contributed by atoms with Gasteiger partial charge in [-0.15, -0.1) is 0 Å². The monoisotopic (exact) mass is 251 g/mol. The smallest absolute Gasteiger partial charge is 0.253 e. The highest BCUT2D eigenvalue weighted by Gasteiger charge is 2.08. The van der Waals surface area contributed by atoms with Crippen LogP contribution in [0.2, 0.25) is 0 Å². The van der Waals surface area contributed by atoms with Gasteiger partial charge in [-0.1, -0.05) is 26.0 Å². The van der Waals surface area contributed by atoms with E-state index in [1.54, 1.807) is 18.2 Å². The zero-order valence-corrected chi connectivity index (χ0v) is 10.9. The SMILES string of the molecule is CC(C)COCCNC(=O)c1ccccc1NN. The summed E-state index contributed by atoms with van der Waals surface area (Å²) in [5, 5.41) is 2.79. The Bertz CT molecular complexity index is 380. The molecule has 18 heavy (non-hydrogen) atoms. The third-order valence-electron chi connectivity index (χ3n) is 2.31. The number of nitrogens with two attached hydrogens (primary N) is 1. The molecule has 1 amide bonds. The molecule has 0 aliphatic rings. The Morgan fingerprint density at radius 3 is 2.78 bits per heavy atom. The van der Waals surface area contributed by atoms with Gasteiger partial charge in [0.25, 0.3) is 5.91 Å². The summed E-state index contributed by atoms with van der Waals surface area (Å²) in [5.74, 6) is 5.69. The molecule has 5 heteroatoms. The Balaban J connectivity index is 2.36. The molecule has 5 nitrogen and oxygen atoms in total. The molecular formula is C13H21N3O2. The molecule has 0 aromatic heterocycles. The van der Waals surface area contributed by atoms with Crippen LogP contribution in [0.25, 0.3) is 0 Å². The molecule has 0 aliphatic carbocycles. The number of carbonyl (C=O) groups excluding carboxylic acids is 1. The molecule has 0 unspecified atom stereocenters. The quantitative estimate of drug-likeness (QED) is 0.389. The fourth-order valence-corrected chi connectivity index (χ4v) is 1.46. The molecule has 1 rings (SSSR count). The zero-order chi connectivity index (χ0) is 13.4. The first-order valence-electron chi connectivity index (χ1n) is 6.06. The summed E-state index contributed by atoms with van der Waals surface area (Å²) in [4.78, 5) is 11.9. The maximum absolute atomic E-state index is 11.9. The van der Waals surface area contributed by atoms with Gasteiger partial charge in [-0.05, 0) is 18.1 Å². The first kappa shape index (κ1) is 14.5. The van der Waals surface area contributed by atoms with Crippen LogP contribution in [0.5, 0.6) is 0 Å². The van der Waals surface area contributed by atoms with Gasteiger partial charge in [-0.25, -0.2) is 0 Å². The molecule has 0 aliphatic heterocycles. The summed E-state index contributed by atoms with van der Waals surface area (Å²) < 4.78 is 5.38. The standard InChI is InChI=1S/C13H21N3O2/c1-10(2)9-18-8-7-15-13(17)11-5-3-4-6-12(11)16-14/h3-6,10,16H,7-9,14H2,1-2H3,(H,15,17). The Hall–Kier alpha value is -1.59. The van der Waals surface area contributed by atoms with E-state index >= 15 is 0 Å². The number of hydrogen-bond acceptors (Lipinski definition) is 4. The fraction of sp³-hybridized carbons (Fsp3) is 0.462. The number of benzene rings is 1. The van der Waals surface area contributed by atoms with E-state index in [0.717, 1.165) is 0 Å². The number of amides is 1. The van der Waals surface area contributed by atoms with Crippen molar-refractivity contribution in [2.75, 3.05) is 25.2 Å². The number of carbonyl (C=O) groups is 1. The van der Waals surface area contributed by atoms with Crippen LogP contribution in [0.1, 0.15) is 24.2 Å². The highest BCUT2D eigenvalue weighted by atomic mass is 16.5. The predicted molar refractivity (Wildman–Crippen MR) is 72.2 cm³/mol. The number of nitrogen functional groups attached to an aromatic ring is 1. The molecule has 0 atom stereocenters. The van der Waals surface area contributed by atoms with E-state index in [9.17, 15) is 4.79 Å². The molecule has 1 aromatic carbocycles. The average Bonchev–Trinajstić information content (AvgIpc) is 2.37. The fourth-order valence-electron chi connectivity index (χ4n) is 1.46. The van der Waals surface area contributed by atoms with Crippen LogP contribution in [0.15, 0.2) is 24.3 Å². The molecule has 0 bridgehead atoms. The molecule has 0 spiro atoms. The van der Waals surface area contributed by atoms with Gasteiger partial charge < -0.3 is 15.5 Å². The van der Waals surface area contributed by atoms with Crippen molar-refractivity contribution in [1.29, 1.82) is 0 Å². The van der Waals surface area contributed by atoms with Crippen LogP contribution < -0.4 is 16.6 Å². The van der Waals surface area contributed by atoms with Gasteiger partial charge >= 0.3 is 0 Å². The average molecular weight is 251 g/mol. The molecule has 0 radical (unpaired) electrons. The minimum absolute atomic E-state index is 0.156. The molecular weight excluding hydrogens is 230 g/mol. The van der Waals surface area contributed by atoms with Gasteiger partial charge in [0.15, 0.2) is 0 Å². The van der Waals surface area contributed by atoms with Gasteiger partial charge in [0.05, 0.1) is 17.9 Å². The molecule has 0 heterocycles. The van der Waals surface area contributed by atoms with E-state index in [1.165, 1.54) is 0 Å². The van der Waals surface area contributed by atoms with E-state index in [0.29, 0.717) is 36.9 Å². The van der Waals surface area contributed by atoms with Gasteiger partial charge in [0.1, 0.15) is 0 Å². The number of rotatable bonds is 7. The molecule has 4 N–H and O–H groups in total. The second kappa shape index (κ2) is 7.68. The maximum atomic E-state index is 11.9. The summed E-state index contributed by atoms with van der Waals surface area (Å²) in [6, 6.07) is 7.09. The third-order valence-corrected chi connectivity index (χ3v) is 2.31. The summed E-state index contributed by atoms with van der Waals surface area (Å²) in [6.45, 7) is 5.88. The maximum Gasteiger partial charge on any atom is 0.253 e. The van der Waals surface area contributed by atoms with Gasteiger partial charge in [0.2, 0.25) is 0 Å². The number of anilines is 1. The second-order valence-electron chi connectivity index (χ2n) is 4.41. The van der Waals surface area contributed by atoms with Crippen molar-refractivity contribution in [2.24, 2.45) is 11.8 Å². The van der Waals surface area contributed by atoms with Crippen molar-refractivity contribution in [3.63, 3.8) is 0 Å². The van der Waals surface area contributed by atoms with E-state index in [1.807, 2.05) is 6.07 Å². The van der Waals surface area contributed by atoms with Crippen molar-refractivity contribution in [1.82, 2.24) is 5.32 Å². The van der Waals surface area contributed by atoms with E-state index < -0.39 is 0 Å². The lowest BCUT2D eigenvalue weighted by molar-refractivity contribution is 0.0887. The number of nitrogens with one attached hydrogen (secondary N) is 2. The van der Waals surface area contributed by atoms with Gasteiger partial charge in [-0.3, -0.25) is 10.6 Å². The van der Waals surface area contributed by atoms with Crippen LogP contribution in [0.3, 0.4) is 0 Å². The summed E-state index contributed by atoms with van der Waals surface area (Å²) in [6.07, 6.45) is 0. The van der Waals surface area contributed by atoms with Crippen molar-refractivity contribution in [3.05, 3.63) is 29.8 Å². The van der Waals surface area contributed by atoms with Crippen molar-refractivity contribution in [2.45, 2.75) is 13.8 Å². The first-order valence-corrected chi connectivity index (χ1v) is 6.06. The summed E-state index contributed by atoms with van der Waals surface area (Å²) >= 11 is 0. The van der Waals surface area contributed by atoms with Gasteiger partial charge in [0, 0.05) is 13.2 Å². The molecule has 0 fully saturated rings. The zero-order valence-electron chi connectivity index (χ0n) is 10.9. The first-order chi connectivity index (χ1) is 8.65. The van der Waals surface area contributed by atoms with E-state index in [-0.39, 0.29) is 5.91 Å². The van der Waals surface area contributed by atoms with Crippen LogP contribution >= 0.6 is 0 Å². The number of para-hydroxylation sites is 1. The summed E-state index contributed by atoms with van der Waals surface area (Å²) in [5.41, 5.74) is 3.64. The van der Waals surface area contributed by atoms with Crippen LogP contribution in [-0.4, -0.2) is 25.7 Å². The molecule has 1 aromatic rings. The number of ether oxygens (including phenoxy) is 1. The van der Waals surface area contributed by atoms with Crippen molar-refractivity contribution in [3.8, 4) is 0 Å². The molecule has 0 saturated carbocycles. The molecule has 100 valence electrons. The predicted octanol–water partition coefficient (Wildman–Crippen LogP) is 1.37. The minimum atomic E-state index is -0.156. The van der Waals surface area contributed by atoms with Crippen molar-refractivity contribution >= 4 is 11.6 Å². The number of hydrogen-bond donors (Lipinski definition) is 3. The minimum Gasteiger partial charge on any atom is -0.379 e. The second-order valence-corrected chi connectivity index (χ2v) is 4.41. The van der Waals surface area contributed by atoms with Crippen LogP contribution in [0, 0.1) is 5.92 Å². The van der Waals surface area contributed by atoms with E-state index in [4.69, 9.17) is 10.6 Å². The number of hydrazine groups is 1. The van der Waals surface area contributed by atoms with Crippen LogP contribution in [0.4, 0.5) is 5.69 Å². The Labute approximate surface area is 108 Å². The normalized spacial score (nSPS) is 10.4. The Kier molecular flexibility index (Phi) is 6.18. The lowest BCUT2D eigenvalue weighted by atomic mass is 10.1. The van der Waals surface area contributed by atoms with Crippen LogP contribution in [-0.2, 0) is 4.74 Å². The summed E-state index contributed by atoms with van der Waals surface area (Å²) in [7, 11) is 0. The Morgan fingerprint density at radius 1 is 1.39 bits per heavy atom. The van der Waals surface area contributed by atoms with E-state index in [2.05, 4.69) is 24.6 Å². The Morgan fingerprint density at radius 2 is 2.11 bits per heavy atom. The third kappa shape index (κ3) is 4.73. The highest BCUT2D eigenvalue weighted by molar-refractivity contribution is 5.99.